The Kier molecular flexibility index (Phi) is 6.00. The SMILES string of the molecule is COc1ccc(C2C(C(=O)c3ccccc3)N3c4c(ccc5cccnc45)C=CC3C23C(=O)c2ccccc2C3=O)cc1OC. The first-order valence-electron chi connectivity index (χ1n) is 14.8. The van der Waals surface area contributed by atoms with E-state index in [1.807, 2.05) is 65.6 Å². The van der Waals surface area contributed by atoms with E-state index in [9.17, 15) is 14.4 Å². The van der Waals surface area contributed by atoms with Crippen LogP contribution in [-0.2, 0) is 0 Å². The molecule has 3 unspecified atom stereocenters. The van der Waals surface area contributed by atoms with Crippen LogP contribution in [0, 0.1) is 5.41 Å². The number of benzene rings is 4. The van der Waals surface area contributed by atoms with Crippen LogP contribution in [0.4, 0.5) is 5.69 Å². The molecule has 3 heterocycles. The summed E-state index contributed by atoms with van der Waals surface area (Å²) in [6, 6.07) is 27.6. The topological polar surface area (TPSA) is 85.8 Å². The molecule has 1 saturated heterocycles. The van der Waals surface area contributed by atoms with Crippen molar-refractivity contribution in [2.24, 2.45) is 5.41 Å². The number of Topliss-reactive ketones (excluding diaryl/α,β-unsaturated/α-hetero) is 3. The quantitative estimate of drug-likeness (QED) is 0.169. The highest BCUT2D eigenvalue weighted by Crippen LogP contribution is 2.62. The third-order valence-corrected chi connectivity index (χ3v) is 9.63. The number of hydrogen-bond acceptors (Lipinski definition) is 7. The molecule has 7 heteroatoms. The molecule has 1 fully saturated rings. The summed E-state index contributed by atoms with van der Waals surface area (Å²) in [5, 5.41) is 0.896. The molecule has 2 aliphatic heterocycles. The highest BCUT2D eigenvalue weighted by atomic mass is 16.5. The number of methoxy groups -OCH3 is 2. The van der Waals surface area contributed by atoms with Crippen molar-refractivity contribution in [2.75, 3.05) is 19.1 Å². The summed E-state index contributed by atoms with van der Waals surface area (Å²) < 4.78 is 11.2. The number of rotatable bonds is 5. The number of carbonyl (C=O) groups is 3. The molecule has 45 heavy (non-hydrogen) atoms. The third kappa shape index (κ3) is 3.58. The Morgan fingerprint density at radius 1 is 0.800 bits per heavy atom. The van der Waals surface area contributed by atoms with Crippen molar-refractivity contribution in [3.63, 3.8) is 0 Å². The number of hydrogen-bond donors (Lipinski definition) is 0. The van der Waals surface area contributed by atoms with Crippen LogP contribution in [0.15, 0.2) is 109 Å². The Morgan fingerprint density at radius 2 is 1.51 bits per heavy atom. The molecule has 0 N–H and O–H groups in total. The zero-order valence-corrected chi connectivity index (χ0v) is 24.6. The van der Waals surface area contributed by atoms with Crippen molar-refractivity contribution in [3.05, 3.63) is 137 Å². The standard InChI is InChI=1S/C38H28N2O5/c1-44-28-18-16-25(21-29(28)45-2)31-34(35(41)24-9-4-3-5-10-24)40-30(38(31)36(42)26-12-6-7-13-27(26)37(38)43)19-17-23-15-14-22-11-8-20-39-32(22)33(23)40/h3-21,30-31,34H,1-2H3. The lowest BCUT2D eigenvalue weighted by atomic mass is 9.64. The average Bonchev–Trinajstić information content (AvgIpc) is 3.53. The first-order valence-corrected chi connectivity index (χ1v) is 14.8. The van der Waals surface area contributed by atoms with Crippen LogP contribution in [0.25, 0.3) is 17.0 Å². The summed E-state index contributed by atoms with van der Waals surface area (Å²) in [7, 11) is 3.09. The fourth-order valence-electron chi connectivity index (χ4n) is 7.78. The van der Waals surface area contributed by atoms with Crippen LogP contribution in [0.2, 0.25) is 0 Å². The number of anilines is 1. The lowest BCUT2D eigenvalue weighted by Gasteiger charge is -2.37. The van der Waals surface area contributed by atoms with Gasteiger partial charge in [0, 0.05) is 34.2 Å². The minimum atomic E-state index is -1.64. The maximum Gasteiger partial charge on any atom is 0.185 e. The van der Waals surface area contributed by atoms with E-state index in [0.29, 0.717) is 39.3 Å². The third-order valence-electron chi connectivity index (χ3n) is 9.63. The number of ether oxygens (including phenoxy) is 2. The molecule has 5 aromatic rings. The summed E-state index contributed by atoms with van der Waals surface area (Å²) >= 11 is 0. The van der Waals surface area contributed by atoms with Gasteiger partial charge in [-0.2, -0.15) is 0 Å². The maximum atomic E-state index is 15.0. The monoisotopic (exact) mass is 592 g/mol. The number of fused-ring (bicyclic) bond motifs is 7. The second kappa shape index (κ2) is 9.99. The zero-order valence-electron chi connectivity index (χ0n) is 24.6. The normalized spacial score (nSPS) is 20.7. The van der Waals surface area contributed by atoms with Gasteiger partial charge in [-0.25, -0.2) is 0 Å². The molecule has 0 radical (unpaired) electrons. The van der Waals surface area contributed by atoms with E-state index in [0.717, 1.165) is 16.6 Å². The lowest BCUT2D eigenvalue weighted by molar-refractivity contribution is 0.0665. The van der Waals surface area contributed by atoms with Gasteiger partial charge >= 0.3 is 0 Å². The lowest BCUT2D eigenvalue weighted by Crippen LogP contribution is -2.48. The van der Waals surface area contributed by atoms with E-state index in [-0.39, 0.29) is 17.3 Å². The smallest absolute Gasteiger partial charge is 0.185 e. The van der Waals surface area contributed by atoms with Gasteiger partial charge in [-0.05, 0) is 29.3 Å². The van der Waals surface area contributed by atoms with Crippen LogP contribution in [0.1, 0.15) is 48.1 Å². The molecule has 3 aliphatic rings. The summed E-state index contributed by atoms with van der Waals surface area (Å²) in [5.74, 6) is -0.700. The predicted molar refractivity (Wildman–Crippen MR) is 171 cm³/mol. The van der Waals surface area contributed by atoms with Crippen LogP contribution in [0.5, 0.6) is 11.5 Å². The van der Waals surface area contributed by atoms with E-state index >= 15 is 0 Å². The van der Waals surface area contributed by atoms with Crippen LogP contribution >= 0.6 is 0 Å². The molecule has 220 valence electrons. The predicted octanol–water partition coefficient (Wildman–Crippen LogP) is 6.57. The molecule has 3 atom stereocenters. The highest BCUT2D eigenvalue weighted by Gasteiger charge is 2.71. The molecule has 1 aromatic heterocycles. The largest absolute Gasteiger partial charge is 0.493 e. The van der Waals surface area contributed by atoms with Gasteiger partial charge in [0.25, 0.3) is 0 Å². The molecule has 1 spiro atoms. The minimum Gasteiger partial charge on any atom is -0.493 e. The molecular weight excluding hydrogens is 564 g/mol. The fraction of sp³-hybridized carbons (Fsp3) is 0.158. The number of carbonyl (C=O) groups excluding carboxylic acids is 3. The summed E-state index contributed by atoms with van der Waals surface area (Å²) in [6.07, 6.45) is 5.60. The Hall–Kier alpha value is -5.56. The summed E-state index contributed by atoms with van der Waals surface area (Å²) in [6.45, 7) is 0. The van der Waals surface area contributed by atoms with Gasteiger partial charge < -0.3 is 14.4 Å². The summed E-state index contributed by atoms with van der Waals surface area (Å²) in [4.78, 5) is 51.7. The van der Waals surface area contributed by atoms with E-state index < -0.39 is 23.4 Å². The highest BCUT2D eigenvalue weighted by molar-refractivity contribution is 6.32. The van der Waals surface area contributed by atoms with Crippen molar-refractivity contribution < 1.29 is 23.9 Å². The van der Waals surface area contributed by atoms with Crippen LogP contribution in [-0.4, -0.2) is 48.6 Å². The molecule has 1 aliphatic carbocycles. The minimum absolute atomic E-state index is 0.192. The number of nitrogens with zero attached hydrogens (tertiary/aromatic N) is 2. The number of ketones is 3. The van der Waals surface area contributed by atoms with E-state index in [4.69, 9.17) is 14.5 Å². The second-order valence-electron chi connectivity index (χ2n) is 11.6. The van der Waals surface area contributed by atoms with Crippen molar-refractivity contribution in [3.8, 4) is 11.5 Å². The molecular formula is C38H28N2O5. The van der Waals surface area contributed by atoms with Gasteiger partial charge in [-0.15, -0.1) is 0 Å². The Labute approximate surface area is 259 Å². The van der Waals surface area contributed by atoms with Gasteiger partial charge in [0.15, 0.2) is 28.8 Å². The van der Waals surface area contributed by atoms with Gasteiger partial charge in [-0.3, -0.25) is 19.4 Å². The van der Waals surface area contributed by atoms with Crippen LogP contribution < -0.4 is 14.4 Å². The Balaban J connectivity index is 1.48. The van der Waals surface area contributed by atoms with E-state index in [1.165, 1.54) is 0 Å². The number of pyridine rings is 1. The molecule has 8 rings (SSSR count). The van der Waals surface area contributed by atoms with E-state index in [1.54, 1.807) is 68.9 Å². The van der Waals surface area contributed by atoms with Crippen molar-refractivity contribution in [1.29, 1.82) is 0 Å². The molecule has 0 amide bonds. The van der Waals surface area contributed by atoms with Crippen molar-refractivity contribution in [2.45, 2.75) is 18.0 Å². The molecule has 0 bridgehead atoms. The van der Waals surface area contributed by atoms with Crippen LogP contribution in [0.3, 0.4) is 0 Å². The maximum absolute atomic E-state index is 15.0. The van der Waals surface area contributed by atoms with Gasteiger partial charge in [0.05, 0.1) is 31.5 Å². The van der Waals surface area contributed by atoms with Gasteiger partial charge in [0.2, 0.25) is 0 Å². The molecule has 0 saturated carbocycles. The molecule has 7 nitrogen and oxygen atoms in total. The average molecular weight is 593 g/mol. The van der Waals surface area contributed by atoms with Crippen molar-refractivity contribution in [1.82, 2.24) is 4.98 Å². The van der Waals surface area contributed by atoms with Gasteiger partial charge in [-0.1, -0.05) is 91.0 Å². The van der Waals surface area contributed by atoms with Crippen molar-refractivity contribution >= 4 is 40.0 Å². The Morgan fingerprint density at radius 3 is 2.22 bits per heavy atom. The fourth-order valence-corrected chi connectivity index (χ4v) is 7.78. The Bertz CT molecular complexity index is 2050. The van der Waals surface area contributed by atoms with Gasteiger partial charge in [0.1, 0.15) is 11.5 Å². The first kappa shape index (κ1) is 27.0. The molecule has 4 aromatic carbocycles. The van der Waals surface area contributed by atoms with E-state index in [2.05, 4.69) is 0 Å². The second-order valence-corrected chi connectivity index (χ2v) is 11.6. The summed E-state index contributed by atoms with van der Waals surface area (Å²) in [5.41, 5.74) is 2.53. The first-order chi connectivity index (χ1) is 22.0. The number of aromatic nitrogens is 1. The zero-order chi connectivity index (χ0) is 30.9.